The van der Waals surface area contributed by atoms with Crippen LogP contribution in [-0.2, 0) is 41.8 Å². The van der Waals surface area contributed by atoms with Crippen LogP contribution in [0.5, 0.6) is 0 Å². The molecule has 0 aliphatic carbocycles. The summed E-state index contributed by atoms with van der Waals surface area (Å²) in [5, 5.41) is 13.3. The monoisotopic (exact) mass is 513 g/mol. The number of hydrogen-bond acceptors (Lipinski definition) is 8. The Kier molecular flexibility index (Phi) is 6.30. The van der Waals surface area contributed by atoms with Crippen LogP contribution in [0.25, 0.3) is 0 Å². The van der Waals surface area contributed by atoms with Crippen molar-refractivity contribution in [3.63, 3.8) is 0 Å². The second kappa shape index (κ2) is 9.57. The minimum Gasteiger partial charge on any atom is -0.611 e. The Labute approximate surface area is 212 Å². The number of hydrogen-bond donors (Lipinski definition) is 1. The lowest BCUT2D eigenvalue weighted by Crippen LogP contribution is -2.36. The molecule has 1 atom stereocenters. The Balaban J connectivity index is 1.23. The molecule has 3 aromatic rings. The van der Waals surface area contributed by atoms with Crippen molar-refractivity contribution in [2.24, 2.45) is 0 Å². The van der Waals surface area contributed by atoms with Crippen molar-refractivity contribution < 1.29 is 9.29 Å². The fourth-order valence-electron chi connectivity index (χ4n) is 4.98. The molecule has 184 valence electrons. The van der Waals surface area contributed by atoms with Gasteiger partial charge in [-0.2, -0.15) is 4.98 Å². The van der Waals surface area contributed by atoms with Gasteiger partial charge >= 0.3 is 0 Å². The number of aryl methyl sites for hydroxylation is 2. The predicted molar refractivity (Wildman–Crippen MR) is 135 cm³/mol. The minimum atomic E-state index is -1.05. The minimum absolute atomic E-state index is 0.275. The van der Waals surface area contributed by atoms with Crippen molar-refractivity contribution in [1.29, 1.82) is 0 Å². The lowest BCUT2D eigenvalue weighted by molar-refractivity contribution is 0.0903. The molecule has 0 radical (unpaired) electrons. The number of anilines is 2. The third-order valence-electron chi connectivity index (χ3n) is 6.94. The fraction of sp³-hybridized carbons (Fsp3) is 0.500. The van der Waals surface area contributed by atoms with Crippen LogP contribution in [0.1, 0.15) is 41.3 Å². The molecule has 0 amide bonds. The van der Waals surface area contributed by atoms with Gasteiger partial charge in [0.25, 0.3) is 0 Å². The number of fused-ring (bicyclic) bond motifs is 2. The highest BCUT2D eigenvalue weighted by Crippen LogP contribution is 2.34. The van der Waals surface area contributed by atoms with E-state index in [2.05, 4.69) is 31.0 Å². The van der Waals surface area contributed by atoms with Crippen LogP contribution in [0, 0.1) is 6.92 Å². The van der Waals surface area contributed by atoms with Crippen molar-refractivity contribution in [2.45, 2.75) is 56.6 Å². The van der Waals surface area contributed by atoms with Gasteiger partial charge in [-0.3, -0.25) is 0 Å². The van der Waals surface area contributed by atoms with Crippen LogP contribution >= 0.6 is 11.6 Å². The summed E-state index contributed by atoms with van der Waals surface area (Å²) in [5.41, 5.74) is 3.13. The van der Waals surface area contributed by atoms with Gasteiger partial charge in [0.1, 0.15) is 17.3 Å². The van der Waals surface area contributed by atoms with Gasteiger partial charge in [0.05, 0.1) is 6.54 Å². The quantitative estimate of drug-likeness (QED) is 0.519. The van der Waals surface area contributed by atoms with Gasteiger partial charge in [0, 0.05) is 50.2 Å². The van der Waals surface area contributed by atoms with Crippen LogP contribution in [0.15, 0.2) is 23.1 Å². The van der Waals surface area contributed by atoms with E-state index in [1.165, 1.54) is 5.56 Å². The Morgan fingerprint density at radius 3 is 2.89 bits per heavy atom. The maximum Gasteiger partial charge on any atom is 0.228 e. The molecule has 1 unspecified atom stereocenters. The standard InChI is InChI=1S/C24H28ClN7O2S/c1-15-12-16(2-3-18(15)25)13-20-29-30-21-14-31(7-8-32(20)21)24-27-19-6-11-35(33)22(19)23(28-24)26-17-4-9-34-10-5-17/h2-3,12,17H,4-11,13-14H2,1H3,(H,26,27,28). The Bertz CT molecular complexity index is 1250. The summed E-state index contributed by atoms with van der Waals surface area (Å²) in [6.45, 7) is 5.60. The van der Waals surface area contributed by atoms with Crippen LogP contribution in [0.2, 0.25) is 5.02 Å². The smallest absolute Gasteiger partial charge is 0.228 e. The summed E-state index contributed by atoms with van der Waals surface area (Å²) in [7, 11) is 0. The highest BCUT2D eigenvalue weighted by molar-refractivity contribution is 7.91. The molecule has 1 N–H and O–H groups in total. The molecule has 6 rings (SSSR count). The molecule has 9 nitrogen and oxygen atoms in total. The number of aromatic nitrogens is 5. The van der Waals surface area contributed by atoms with Gasteiger partial charge in [-0.05, 0) is 48.1 Å². The van der Waals surface area contributed by atoms with Gasteiger partial charge in [-0.15, -0.1) is 10.2 Å². The summed E-state index contributed by atoms with van der Waals surface area (Å²) in [6.07, 6.45) is 3.27. The number of nitrogens with one attached hydrogen (secondary N) is 1. The number of halogens is 1. The maximum atomic E-state index is 12.7. The lowest BCUT2D eigenvalue weighted by Gasteiger charge is -2.29. The molecular weight excluding hydrogens is 486 g/mol. The number of rotatable bonds is 5. The van der Waals surface area contributed by atoms with E-state index in [4.69, 9.17) is 26.3 Å². The third kappa shape index (κ3) is 4.60. The van der Waals surface area contributed by atoms with Gasteiger partial charge in [0.15, 0.2) is 11.6 Å². The molecule has 1 fully saturated rings. The van der Waals surface area contributed by atoms with Gasteiger partial charge in [-0.25, -0.2) is 4.98 Å². The Hall–Kier alpha value is -2.40. The van der Waals surface area contributed by atoms with Crippen LogP contribution in [0.4, 0.5) is 11.8 Å². The zero-order valence-electron chi connectivity index (χ0n) is 19.7. The normalized spacial score (nSPS) is 20.1. The molecule has 3 aliphatic heterocycles. The van der Waals surface area contributed by atoms with Crippen LogP contribution in [0.3, 0.4) is 0 Å². The van der Waals surface area contributed by atoms with E-state index in [1.54, 1.807) is 0 Å². The second-order valence-corrected chi connectivity index (χ2v) is 11.3. The SMILES string of the molecule is Cc1cc(Cc2nnc3n2CCN(c2nc4c(c(NC5CCOCC5)n2)[S+]([O-])CC4)C3)ccc1Cl. The van der Waals surface area contributed by atoms with E-state index < -0.39 is 11.2 Å². The summed E-state index contributed by atoms with van der Waals surface area (Å²) in [5.74, 6) is 3.86. The molecule has 0 bridgehead atoms. The van der Waals surface area contributed by atoms with E-state index >= 15 is 0 Å². The largest absolute Gasteiger partial charge is 0.611 e. The predicted octanol–water partition coefficient (Wildman–Crippen LogP) is 2.90. The summed E-state index contributed by atoms with van der Waals surface area (Å²) >= 11 is 5.13. The van der Waals surface area contributed by atoms with Crippen molar-refractivity contribution >= 4 is 34.5 Å². The zero-order valence-corrected chi connectivity index (χ0v) is 21.2. The van der Waals surface area contributed by atoms with Gasteiger partial charge in [0.2, 0.25) is 10.8 Å². The molecule has 2 aromatic heterocycles. The molecule has 1 saturated heterocycles. The van der Waals surface area contributed by atoms with E-state index in [1.807, 2.05) is 19.1 Å². The van der Waals surface area contributed by atoms with E-state index in [0.717, 1.165) is 77.8 Å². The van der Waals surface area contributed by atoms with Crippen molar-refractivity contribution in [1.82, 2.24) is 24.7 Å². The summed E-state index contributed by atoms with van der Waals surface area (Å²) in [6, 6.07) is 6.36. The first-order valence-electron chi connectivity index (χ1n) is 12.1. The Morgan fingerprint density at radius 2 is 2.06 bits per heavy atom. The first kappa shape index (κ1) is 23.0. The van der Waals surface area contributed by atoms with Crippen LogP contribution in [-0.4, -0.2) is 60.8 Å². The second-order valence-electron chi connectivity index (χ2n) is 9.34. The van der Waals surface area contributed by atoms with Gasteiger partial charge < -0.3 is 24.1 Å². The van der Waals surface area contributed by atoms with Crippen molar-refractivity contribution in [3.8, 4) is 0 Å². The number of benzene rings is 1. The number of ether oxygens (including phenoxy) is 1. The van der Waals surface area contributed by atoms with Crippen molar-refractivity contribution in [2.75, 3.05) is 35.7 Å². The molecule has 0 saturated carbocycles. The zero-order chi connectivity index (χ0) is 23.9. The van der Waals surface area contributed by atoms with Gasteiger partial charge in [-0.1, -0.05) is 23.7 Å². The lowest BCUT2D eigenvalue weighted by atomic mass is 10.1. The Morgan fingerprint density at radius 1 is 1.20 bits per heavy atom. The molecule has 3 aliphatic rings. The molecule has 1 aromatic carbocycles. The molecule has 11 heteroatoms. The molecular formula is C24H28ClN7O2S. The molecule has 0 spiro atoms. The van der Waals surface area contributed by atoms with E-state index in [9.17, 15) is 4.55 Å². The third-order valence-corrected chi connectivity index (χ3v) is 8.82. The fourth-order valence-corrected chi connectivity index (χ4v) is 6.41. The first-order chi connectivity index (χ1) is 17.0. The van der Waals surface area contributed by atoms with E-state index in [-0.39, 0.29) is 6.04 Å². The summed E-state index contributed by atoms with van der Waals surface area (Å²) < 4.78 is 20.4. The van der Waals surface area contributed by atoms with Crippen molar-refractivity contribution in [3.05, 3.63) is 51.7 Å². The molecule has 35 heavy (non-hydrogen) atoms. The molecule has 5 heterocycles. The highest BCUT2D eigenvalue weighted by atomic mass is 35.5. The highest BCUT2D eigenvalue weighted by Gasteiger charge is 2.34. The van der Waals surface area contributed by atoms with Crippen LogP contribution < -0.4 is 10.2 Å². The average molecular weight is 514 g/mol. The average Bonchev–Trinajstić information content (AvgIpc) is 3.45. The van der Waals surface area contributed by atoms with E-state index in [0.29, 0.717) is 31.1 Å². The summed E-state index contributed by atoms with van der Waals surface area (Å²) in [4.78, 5) is 12.6. The maximum absolute atomic E-state index is 12.7. The topological polar surface area (TPSA) is 104 Å². The number of nitrogens with zero attached hydrogens (tertiary/aromatic N) is 6. The first-order valence-corrected chi connectivity index (χ1v) is 13.8.